The zero-order valence-electron chi connectivity index (χ0n) is 13.8. The number of nitrogens with zero attached hydrogens (tertiary/aromatic N) is 3. The third-order valence-electron chi connectivity index (χ3n) is 4.22. The summed E-state index contributed by atoms with van der Waals surface area (Å²) in [5.41, 5.74) is 1.56. The van der Waals surface area contributed by atoms with Crippen LogP contribution in [0, 0.1) is 6.92 Å². The van der Waals surface area contributed by atoms with Gasteiger partial charge in [0.25, 0.3) is 0 Å². The minimum atomic E-state index is -3.18. The Morgan fingerprint density at radius 3 is 2.65 bits per heavy atom. The van der Waals surface area contributed by atoms with Gasteiger partial charge >= 0.3 is 6.03 Å². The Morgan fingerprint density at radius 1 is 1.43 bits per heavy atom. The first-order valence-electron chi connectivity index (χ1n) is 7.77. The van der Waals surface area contributed by atoms with E-state index in [0.29, 0.717) is 25.9 Å². The zero-order chi connectivity index (χ0) is 17.0. The number of sulfonamides is 1. The maximum atomic E-state index is 12.3. The van der Waals surface area contributed by atoms with E-state index >= 15 is 0 Å². The van der Waals surface area contributed by atoms with Gasteiger partial charge in [-0.2, -0.15) is 0 Å². The summed E-state index contributed by atoms with van der Waals surface area (Å²) in [5.74, 6) is 0.103. The van der Waals surface area contributed by atoms with Crippen LogP contribution >= 0.6 is 0 Å². The first-order chi connectivity index (χ1) is 10.8. The molecule has 7 nitrogen and oxygen atoms in total. The van der Waals surface area contributed by atoms with Crippen molar-refractivity contribution >= 4 is 21.7 Å². The first kappa shape index (κ1) is 17.7. The molecule has 2 heterocycles. The Balaban J connectivity index is 1.90. The molecule has 0 radical (unpaired) electrons. The summed E-state index contributed by atoms with van der Waals surface area (Å²) >= 11 is 0. The van der Waals surface area contributed by atoms with Crippen LogP contribution in [-0.4, -0.2) is 60.6 Å². The summed E-state index contributed by atoms with van der Waals surface area (Å²) in [4.78, 5) is 18.1. The number of likely N-dealkylation sites (tertiary alicyclic amines) is 1. The molecule has 128 valence electrons. The fourth-order valence-corrected chi connectivity index (χ4v) is 3.76. The van der Waals surface area contributed by atoms with E-state index in [1.807, 2.05) is 13.0 Å². The number of anilines is 1. The van der Waals surface area contributed by atoms with Crippen molar-refractivity contribution in [3.8, 4) is 0 Å². The van der Waals surface area contributed by atoms with Gasteiger partial charge in [-0.3, -0.25) is 4.98 Å². The second-order valence-electron chi connectivity index (χ2n) is 5.75. The predicted octanol–water partition coefficient (Wildman–Crippen LogP) is 1.67. The van der Waals surface area contributed by atoms with Crippen LogP contribution in [0.25, 0.3) is 0 Å². The number of hydrogen-bond donors (Lipinski definition) is 1. The standard InChI is InChI=1S/C15H24N4O3S/c1-4-23(21,22)18(3)14-6-9-19(10-7-14)15(20)17-13-5-8-16-12(2)11-13/h5,8,11,14H,4,6-7,9-10H2,1-3H3,(H,16,17,20). The van der Waals surface area contributed by atoms with Crippen molar-refractivity contribution in [1.82, 2.24) is 14.2 Å². The van der Waals surface area contributed by atoms with Crippen molar-refractivity contribution in [1.29, 1.82) is 0 Å². The van der Waals surface area contributed by atoms with Gasteiger partial charge in [-0.15, -0.1) is 0 Å². The quantitative estimate of drug-likeness (QED) is 0.904. The van der Waals surface area contributed by atoms with Gasteiger partial charge in [-0.1, -0.05) is 0 Å². The van der Waals surface area contributed by atoms with Crippen LogP contribution in [0.2, 0.25) is 0 Å². The number of aromatic nitrogens is 1. The second kappa shape index (κ2) is 7.27. The average Bonchev–Trinajstić information content (AvgIpc) is 2.54. The lowest BCUT2D eigenvalue weighted by atomic mass is 10.1. The maximum Gasteiger partial charge on any atom is 0.321 e. The van der Waals surface area contributed by atoms with Crippen molar-refractivity contribution in [3.05, 3.63) is 24.0 Å². The monoisotopic (exact) mass is 340 g/mol. The molecule has 0 bridgehead atoms. The molecule has 1 saturated heterocycles. The molecule has 8 heteroatoms. The van der Waals surface area contributed by atoms with Gasteiger partial charge in [0.05, 0.1) is 5.75 Å². The van der Waals surface area contributed by atoms with Crippen LogP contribution in [0.1, 0.15) is 25.5 Å². The largest absolute Gasteiger partial charge is 0.324 e. The van der Waals surface area contributed by atoms with E-state index in [0.717, 1.165) is 11.4 Å². The molecule has 1 aromatic heterocycles. The Hall–Kier alpha value is -1.67. The fourth-order valence-electron chi connectivity index (χ4n) is 2.69. The summed E-state index contributed by atoms with van der Waals surface area (Å²) in [6, 6.07) is 3.37. The van der Waals surface area contributed by atoms with E-state index in [4.69, 9.17) is 0 Å². The molecular weight excluding hydrogens is 316 g/mol. The molecule has 1 fully saturated rings. The minimum absolute atomic E-state index is 0.0350. The third kappa shape index (κ3) is 4.42. The summed E-state index contributed by atoms with van der Waals surface area (Å²) in [6.45, 7) is 4.60. The van der Waals surface area contributed by atoms with E-state index < -0.39 is 10.0 Å². The van der Waals surface area contributed by atoms with Crippen LogP contribution in [0.15, 0.2) is 18.3 Å². The summed E-state index contributed by atoms with van der Waals surface area (Å²) in [6.07, 6.45) is 2.96. The van der Waals surface area contributed by atoms with Crippen LogP contribution < -0.4 is 5.32 Å². The number of pyridine rings is 1. The van der Waals surface area contributed by atoms with Gasteiger partial charge in [-0.05, 0) is 38.8 Å². The van der Waals surface area contributed by atoms with Crippen LogP contribution in [0.4, 0.5) is 10.5 Å². The molecule has 1 N–H and O–H groups in total. The number of piperidine rings is 1. The molecule has 1 aliphatic rings. The Morgan fingerprint density at radius 2 is 2.09 bits per heavy atom. The van der Waals surface area contributed by atoms with Crippen molar-refractivity contribution in [2.24, 2.45) is 0 Å². The maximum absolute atomic E-state index is 12.3. The molecule has 1 aromatic rings. The van der Waals surface area contributed by atoms with E-state index in [-0.39, 0.29) is 17.8 Å². The van der Waals surface area contributed by atoms with Gasteiger partial charge in [0.15, 0.2) is 0 Å². The molecule has 0 spiro atoms. The zero-order valence-corrected chi connectivity index (χ0v) is 14.6. The molecule has 23 heavy (non-hydrogen) atoms. The highest BCUT2D eigenvalue weighted by molar-refractivity contribution is 7.89. The normalized spacial score (nSPS) is 16.6. The SMILES string of the molecule is CCS(=O)(=O)N(C)C1CCN(C(=O)Nc2ccnc(C)c2)CC1. The lowest BCUT2D eigenvalue weighted by molar-refractivity contribution is 0.175. The van der Waals surface area contributed by atoms with E-state index in [1.165, 1.54) is 4.31 Å². The Labute approximate surface area is 137 Å². The molecule has 2 rings (SSSR count). The highest BCUT2D eigenvalue weighted by atomic mass is 32.2. The number of rotatable bonds is 4. The number of nitrogens with one attached hydrogen (secondary N) is 1. The summed E-state index contributed by atoms with van der Waals surface area (Å²) < 4.78 is 25.3. The van der Waals surface area contributed by atoms with Gasteiger partial charge < -0.3 is 10.2 Å². The molecule has 0 saturated carbocycles. The molecule has 0 aromatic carbocycles. The molecular formula is C15H24N4O3S. The fraction of sp³-hybridized carbons (Fsp3) is 0.600. The van der Waals surface area contributed by atoms with Gasteiger partial charge in [0.1, 0.15) is 0 Å². The number of hydrogen-bond acceptors (Lipinski definition) is 4. The number of urea groups is 1. The average molecular weight is 340 g/mol. The van der Waals surface area contributed by atoms with E-state index in [2.05, 4.69) is 10.3 Å². The van der Waals surface area contributed by atoms with Crippen molar-refractivity contribution < 1.29 is 13.2 Å². The van der Waals surface area contributed by atoms with Crippen molar-refractivity contribution in [2.45, 2.75) is 32.7 Å². The highest BCUT2D eigenvalue weighted by Gasteiger charge is 2.30. The van der Waals surface area contributed by atoms with Gasteiger partial charge in [-0.25, -0.2) is 17.5 Å². The number of carbonyl (C=O) groups excluding carboxylic acids is 1. The molecule has 2 amide bonds. The van der Waals surface area contributed by atoms with Crippen LogP contribution in [0.5, 0.6) is 0 Å². The number of aryl methyl sites for hydroxylation is 1. The van der Waals surface area contributed by atoms with Gasteiger partial charge in [0.2, 0.25) is 10.0 Å². The van der Waals surface area contributed by atoms with Crippen LogP contribution in [0.3, 0.4) is 0 Å². The predicted molar refractivity (Wildman–Crippen MR) is 89.8 cm³/mol. The summed E-state index contributed by atoms with van der Waals surface area (Å²) in [5, 5.41) is 2.85. The molecule has 0 aliphatic carbocycles. The summed E-state index contributed by atoms with van der Waals surface area (Å²) in [7, 11) is -1.56. The van der Waals surface area contributed by atoms with Gasteiger partial charge in [0, 0.05) is 43.8 Å². The smallest absolute Gasteiger partial charge is 0.321 e. The molecule has 1 aliphatic heterocycles. The topological polar surface area (TPSA) is 82.6 Å². The lowest BCUT2D eigenvalue weighted by Gasteiger charge is -2.36. The van der Waals surface area contributed by atoms with Crippen LogP contribution in [-0.2, 0) is 10.0 Å². The third-order valence-corrected chi connectivity index (χ3v) is 6.12. The Bertz CT molecular complexity index is 654. The van der Waals surface area contributed by atoms with E-state index in [9.17, 15) is 13.2 Å². The van der Waals surface area contributed by atoms with Crippen molar-refractivity contribution in [3.63, 3.8) is 0 Å². The van der Waals surface area contributed by atoms with Crippen molar-refractivity contribution in [2.75, 3.05) is 31.2 Å². The molecule has 0 atom stereocenters. The lowest BCUT2D eigenvalue weighted by Crippen LogP contribution is -2.48. The Kier molecular flexibility index (Phi) is 5.59. The minimum Gasteiger partial charge on any atom is -0.324 e. The molecule has 0 unspecified atom stereocenters. The first-order valence-corrected chi connectivity index (χ1v) is 9.38. The van der Waals surface area contributed by atoms with E-state index in [1.54, 1.807) is 31.1 Å². The highest BCUT2D eigenvalue weighted by Crippen LogP contribution is 2.19. The number of amides is 2. The second-order valence-corrected chi connectivity index (χ2v) is 8.07. The number of carbonyl (C=O) groups is 1.